The lowest BCUT2D eigenvalue weighted by molar-refractivity contribution is -0.114. The van der Waals surface area contributed by atoms with Crippen LogP contribution < -0.4 is 0 Å². The van der Waals surface area contributed by atoms with Gasteiger partial charge in [-0.25, -0.2) is 0 Å². The number of rotatable bonds is 4. The predicted molar refractivity (Wildman–Crippen MR) is 68.5 cm³/mol. The molecular formula is C8H8Cl6O. The molecule has 0 rings (SSSR count). The summed E-state index contributed by atoms with van der Waals surface area (Å²) in [6.45, 7) is 3.16. The Labute approximate surface area is 119 Å². The summed E-state index contributed by atoms with van der Waals surface area (Å²) in [4.78, 5) is 11.1. The molecule has 0 aliphatic rings. The third-order valence-electron chi connectivity index (χ3n) is 2.02. The van der Waals surface area contributed by atoms with E-state index in [1.165, 1.54) is 6.08 Å². The molecule has 7 heteroatoms. The fourth-order valence-electron chi connectivity index (χ4n) is 0.745. The van der Waals surface area contributed by atoms with Crippen LogP contribution in [0.15, 0.2) is 10.6 Å². The van der Waals surface area contributed by atoms with Gasteiger partial charge in [-0.3, -0.25) is 4.79 Å². The van der Waals surface area contributed by atoms with E-state index in [0.717, 1.165) is 0 Å². The quantitative estimate of drug-likeness (QED) is 0.530. The second-order valence-electron chi connectivity index (χ2n) is 3.43. The first-order valence-electron chi connectivity index (χ1n) is 3.78. The number of carbonyl (C=O) groups is 1. The molecule has 0 amide bonds. The Balaban J connectivity index is 5.13. The lowest BCUT2D eigenvalue weighted by Gasteiger charge is -2.36. The average Bonchev–Trinajstić information content (AvgIpc) is 2.01. The third-order valence-corrected chi connectivity index (χ3v) is 4.74. The number of hydrogen-bond donors (Lipinski definition) is 0. The van der Waals surface area contributed by atoms with E-state index in [0.29, 0.717) is 0 Å². The lowest BCUT2D eigenvalue weighted by atomic mass is 9.84. The van der Waals surface area contributed by atoms with Gasteiger partial charge in [0.05, 0.1) is 5.38 Å². The largest absolute Gasteiger partial charge is 0.278 e. The number of hydrogen-bond acceptors (Lipinski definition) is 1. The van der Waals surface area contributed by atoms with E-state index in [4.69, 9.17) is 69.6 Å². The summed E-state index contributed by atoms with van der Waals surface area (Å²) >= 11 is 33.8. The van der Waals surface area contributed by atoms with Crippen LogP contribution in [0, 0.1) is 5.41 Å². The molecule has 1 atom stereocenters. The van der Waals surface area contributed by atoms with Crippen molar-refractivity contribution in [2.45, 2.75) is 23.6 Å². The van der Waals surface area contributed by atoms with Gasteiger partial charge in [0.25, 0.3) is 5.24 Å². The van der Waals surface area contributed by atoms with Crippen LogP contribution in [0.2, 0.25) is 0 Å². The van der Waals surface area contributed by atoms with E-state index in [2.05, 4.69) is 0 Å². The van der Waals surface area contributed by atoms with Gasteiger partial charge >= 0.3 is 0 Å². The highest BCUT2D eigenvalue weighted by Gasteiger charge is 2.51. The molecule has 0 saturated carbocycles. The van der Waals surface area contributed by atoms with Crippen molar-refractivity contribution in [2.75, 3.05) is 0 Å². The molecule has 1 unspecified atom stereocenters. The topological polar surface area (TPSA) is 17.1 Å². The highest BCUT2D eigenvalue weighted by Crippen LogP contribution is 2.47. The Hall–Kier alpha value is 1.15. The minimum absolute atomic E-state index is 0.0331. The maximum absolute atomic E-state index is 11.1. The highest BCUT2D eigenvalue weighted by molar-refractivity contribution is 6.78. The molecule has 0 heterocycles. The lowest BCUT2D eigenvalue weighted by Crippen LogP contribution is -2.45. The van der Waals surface area contributed by atoms with Gasteiger partial charge in [0.1, 0.15) is 4.49 Å². The number of alkyl halides is 3. The van der Waals surface area contributed by atoms with Gasteiger partial charge < -0.3 is 0 Å². The van der Waals surface area contributed by atoms with Crippen molar-refractivity contribution in [2.24, 2.45) is 5.41 Å². The first-order valence-corrected chi connectivity index (χ1v) is 6.10. The number of carbonyl (C=O) groups excluding carboxylic acids is 1. The molecule has 0 aliphatic carbocycles. The zero-order valence-electron chi connectivity index (χ0n) is 7.83. The van der Waals surface area contributed by atoms with Crippen LogP contribution in [-0.4, -0.2) is 15.0 Å². The van der Waals surface area contributed by atoms with Gasteiger partial charge in [0.2, 0.25) is 0 Å². The molecule has 0 fully saturated rings. The van der Waals surface area contributed by atoms with Crippen molar-refractivity contribution in [1.82, 2.24) is 0 Å². The van der Waals surface area contributed by atoms with Crippen LogP contribution in [0.5, 0.6) is 0 Å². The minimum Gasteiger partial charge on any atom is -0.278 e. The van der Waals surface area contributed by atoms with Gasteiger partial charge in [-0.05, 0) is 17.7 Å². The Bertz CT molecular complexity index is 279. The van der Waals surface area contributed by atoms with Gasteiger partial charge in [-0.15, -0.1) is 11.6 Å². The molecule has 0 aliphatic heterocycles. The number of allylic oxidation sites excluding steroid dienone is 1. The Morgan fingerprint density at radius 1 is 1.20 bits per heavy atom. The minimum atomic E-state index is -1.82. The van der Waals surface area contributed by atoms with E-state index in [-0.39, 0.29) is 4.49 Å². The first kappa shape index (κ1) is 16.1. The summed E-state index contributed by atoms with van der Waals surface area (Å²) < 4.78 is -1.85. The van der Waals surface area contributed by atoms with Crippen LogP contribution in [-0.2, 0) is 4.79 Å². The maximum atomic E-state index is 11.1. The molecule has 0 spiro atoms. The second-order valence-corrected chi connectivity index (χ2v) is 6.58. The molecule has 0 saturated heterocycles. The van der Waals surface area contributed by atoms with Gasteiger partial charge in [0.15, 0.2) is 4.33 Å². The molecule has 0 aromatic carbocycles. The van der Waals surface area contributed by atoms with Crippen molar-refractivity contribution in [3.05, 3.63) is 10.6 Å². The van der Waals surface area contributed by atoms with Crippen molar-refractivity contribution in [3.63, 3.8) is 0 Å². The SMILES string of the molecule is CC(C)(C(Cl)C=C(Cl)Cl)C(Cl)(Cl)C(=O)Cl. The predicted octanol–water partition coefficient (Wildman–Crippen LogP) is 4.88. The Morgan fingerprint density at radius 2 is 1.60 bits per heavy atom. The summed E-state index contributed by atoms with van der Waals surface area (Å²) in [6.07, 6.45) is 1.32. The van der Waals surface area contributed by atoms with Crippen LogP contribution in [0.3, 0.4) is 0 Å². The zero-order valence-corrected chi connectivity index (χ0v) is 12.4. The monoisotopic (exact) mass is 330 g/mol. The van der Waals surface area contributed by atoms with E-state index in [9.17, 15) is 4.79 Å². The standard InChI is InChI=1S/C8H8Cl6O/c1-7(2,4(9)3-5(10)11)8(13,14)6(12)15/h3-4H,1-2H3. The van der Waals surface area contributed by atoms with Crippen LogP contribution in [0.1, 0.15) is 13.8 Å². The van der Waals surface area contributed by atoms with Gasteiger partial charge in [-0.2, -0.15) is 0 Å². The zero-order chi connectivity index (χ0) is 12.4. The van der Waals surface area contributed by atoms with Gasteiger partial charge in [-0.1, -0.05) is 60.3 Å². The smallest absolute Gasteiger partial charge is 0.258 e. The molecule has 0 bridgehead atoms. The first-order chi connectivity index (χ1) is 6.53. The summed E-state index contributed by atoms with van der Waals surface area (Å²) in [5.74, 6) is 0. The molecule has 1 nitrogen and oxygen atoms in total. The van der Waals surface area contributed by atoms with Crippen molar-refractivity contribution in [1.29, 1.82) is 0 Å². The molecular weight excluding hydrogens is 325 g/mol. The molecule has 88 valence electrons. The summed E-state index contributed by atoms with van der Waals surface area (Å²) in [6, 6.07) is 0. The second kappa shape index (κ2) is 5.66. The summed E-state index contributed by atoms with van der Waals surface area (Å²) in [5, 5.41) is -1.64. The molecule has 0 aromatic rings. The van der Waals surface area contributed by atoms with Crippen molar-refractivity contribution in [3.8, 4) is 0 Å². The van der Waals surface area contributed by atoms with Crippen LogP contribution in [0.25, 0.3) is 0 Å². The maximum Gasteiger partial charge on any atom is 0.258 e. The van der Waals surface area contributed by atoms with Crippen LogP contribution >= 0.6 is 69.6 Å². The average molecular weight is 333 g/mol. The van der Waals surface area contributed by atoms with E-state index >= 15 is 0 Å². The van der Waals surface area contributed by atoms with E-state index in [1.807, 2.05) is 0 Å². The van der Waals surface area contributed by atoms with E-state index < -0.39 is 20.4 Å². The fourth-order valence-corrected chi connectivity index (χ4v) is 2.01. The van der Waals surface area contributed by atoms with Crippen LogP contribution in [0.4, 0.5) is 0 Å². The molecule has 0 aromatic heterocycles. The third kappa shape index (κ3) is 3.83. The molecule has 0 N–H and O–H groups in total. The Kier molecular flexibility index (Phi) is 6.09. The molecule has 15 heavy (non-hydrogen) atoms. The highest BCUT2D eigenvalue weighted by atomic mass is 35.5. The molecule has 0 radical (unpaired) electrons. The Morgan fingerprint density at radius 3 is 1.87 bits per heavy atom. The van der Waals surface area contributed by atoms with Crippen molar-refractivity contribution >= 4 is 74.8 Å². The number of halogens is 6. The van der Waals surface area contributed by atoms with E-state index in [1.54, 1.807) is 13.8 Å². The fraction of sp³-hybridized carbons (Fsp3) is 0.625. The van der Waals surface area contributed by atoms with Gasteiger partial charge in [0, 0.05) is 5.41 Å². The van der Waals surface area contributed by atoms with Crippen molar-refractivity contribution < 1.29 is 4.79 Å². The summed E-state index contributed by atoms with van der Waals surface area (Å²) in [5.41, 5.74) is -1.02. The normalized spacial score (nSPS) is 14.7. The summed E-state index contributed by atoms with van der Waals surface area (Å²) in [7, 11) is 0.